The molecule has 1 heterocycles. The third-order valence-corrected chi connectivity index (χ3v) is 3.14. The van der Waals surface area contributed by atoms with E-state index in [0.29, 0.717) is 23.2 Å². The highest BCUT2D eigenvalue weighted by Gasteiger charge is 2.17. The van der Waals surface area contributed by atoms with Crippen molar-refractivity contribution in [2.45, 2.75) is 13.8 Å². The first-order valence-electron chi connectivity index (χ1n) is 6.29. The molecule has 0 saturated carbocycles. The number of hydrogen-bond donors (Lipinski definition) is 2. The molecule has 8 heteroatoms. The summed E-state index contributed by atoms with van der Waals surface area (Å²) in [5.74, 6) is 0.440. The Bertz CT molecular complexity index is 678. The van der Waals surface area contributed by atoms with Crippen LogP contribution in [0.15, 0.2) is 24.4 Å². The molecule has 1 aromatic heterocycles. The minimum absolute atomic E-state index is 0.117. The lowest BCUT2D eigenvalue weighted by atomic mass is 10.2. The predicted molar refractivity (Wildman–Crippen MR) is 82.3 cm³/mol. The molecule has 0 saturated heterocycles. The molecule has 7 nitrogen and oxygen atoms in total. The van der Waals surface area contributed by atoms with E-state index >= 15 is 0 Å². The molecular weight excluding hydrogens is 294 g/mol. The van der Waals surface area contributed by atoms with Crippen molar-refractivity contribution in [2.24, 2.45) is 0 Å². The van der Waals surface area contributed by atoms with Crippen molar-refractivity contribution >= 4 is 34.7 Å². The number of nitro groups is 1. The fourth-order valence-electron chi connectivity index (χ4n) is 1.65. The number of nitrogens with one attached hydrogen (secondary N) is 2. The van der Waals surface area contributed by atoms with Gasteiger partial charge in [0, 0.05) is 17.3 Å². The molecule has 2 rings (SSSR count). The molecule has 0 fully saturated rings. The maximum absolute atomic E-state index is 11.0. The first kappa shape index (κ1) is 15.0. The van der Waals surface area contributed by atoms with Gasteiger partial charge in [-0.05, 0) is 31.5 Å². The van der Waals surface area contributed by atoms with E-state index in [-0.39, 0.29) is 11.5 Å². The van der Waals surface area contributed by atoms with E-state index in [2.05, 4.69) is 20.6 Å². The Labute approximate surface area is 126 Å². The number of hydrogen-bond acceptors (Lipinski definition) is 6. The molecule has 0 atom stereocenters. The van der Waals surface area contributed by atoms with Crippen molar-refractivity contribution in [1.82, 2.24) is 9.97 Å². The SMILES string of the molecule is CCNc1ncc([N+](=O)[O-])c(Nc2ccc(C)c(Cl)c2)n1. The molecule has 2 N–H and O–H groups in total. The van der Waals surface area contributed by atoms with Gasteiger partial charge in [-0.2, -0.15) is 4.98 Å². The molecular formula is C13H14ClN5O2. The summed E-state index contributed by atoms with van der Waals surface area (Å²) < 4.78 is 0. The second-order valence-electron chi connectivity index (χ2n) is 4.30. The van der Waals surface area contributed by atoms with Crippen LogP contribution in [0, 0.1) is 17.0 Å². The van der Waals surface area contributed by atoms with Gasteiger partial charge in [0.1, 0.15) is 6.20 Å². The minimum Gasteiger partial charge on any atom is -0.354 e. The Morgan fingerprint density at radius 3 is 2.81 bits per heavy atom. The van der Waals surface area contributed by atoms with E-state index in [0.717, 1.165) is 5.56 Å². The molecule has 110 valence electrons. The fraction of sp³-hybridized carbons (Fsp3) is 0.231. The van der Waals surface area contributed by atoms with Gasteiger partial charge in [0.2, 0.25) is 11.8 Å². The molecule has 0 aliphatic rings. The van der Waals surface area contributed by atoms with Crippen LogP contribution < -0.4 is 10.6 Å². The average Bonchev–Trinajstić information content (AvgIpc) is 2.43. The largest absolute Gasteiger partial charge is 0.354 e. The molecule has 21 heavy (non-hydrogen) atoms. The Balaban J connectivity index is 2.37. The quantitative estimate of drug-likeness (QED) is 0.648. The topological polar surface area (TPSA) is 93.0 Å². The highest BCUT2D eigenvalue weighted by Crippen LogP contribution is 2.28. The van der Waals surface area contributed by atoms with Gasteiger partial charge in [-0.1, -0.05) is 17.7 Å². The maximum Gasteiger partial charge on any atom is 0.329 e. The molecule has 0 aliphatic carbocycles. The maximum atomic E-state index is 11.0. The van der Waals surface area contributed by atoms with Crippen LogP contribution in [-0.2, 0) is 0 Å². The lowest BCUT2D eigenvalue weighted by molar-refractivity contribution is -0.384. The van der Waals surface area contributed by atoms with Gasteiger partial charge < -0.3 is 10.6 Å². The summed E-state index contributed by atoms with van der Waals surface area (Å²) >= 11 is 6.04. The third kappa shape index (κ3) is 3.57. The number of rotatable bonds is 5. The molecule has 0 aliphatic heterocycles. The van der Waals surface area contributed by atoms with Crippen molar-refractivity contribution in [2.75, 3.05) is 17.2 Å². The van der Waals surface area contributed by atoms with E-state index in [1.165, 1.54) is 6.20 Å². The van der Waals surface area contributed by atoms with Crippen LogP contribution in [0.25, 0.3) is 0 Å². The van der Waals surface area contributed by atoms with Crippen LogP contribution in [0.2, 0.25) is 5.02 Å². The number of nitrogens with zero attached hydrogens (tertiary/aromatic N) is 3. The van der Waals surface area contributed by atoms with E-state index in [9.17, 15) is 10.1 Å². The number of halogens is 1. The van der Waals surface area contributed by atoms with E-state index in [1.807, 2.05) is 19.9 Å². The molecule has 2 aromatic rings. The Morgan fingerprint density at radius 1 is 1.43 bits per heavy atom. The smallest absolute Gasteiger partial charge is 0.329 e. The second kappa shape index (κ2) is 6.36. The van der Waals surface area contributed by atoms with Crippen molar-refractivity contribution in [1.29, 1.82) is 0 Å². The van der Waals surface area contributed by atoms with Crippen LogP contribution in [0.5, 0.6) is 0 Å². The molecule has 0 radical (unpaired) electrons. The minimum atomic E-state index is -0.534. The van der Waals surface area contributed by atoms with Gasteiger partial charge in [-0.3, -0.25) is 10.1 Å². The van der Waals surface area contributed by atoms with Gasteiger partial charge in [-0.25, -0.2) is 4.98 Å². The van der Waals surface area contributed by atoms with Crippen molar-refractivity contribution in [3.05, 3.63) is 45.1 Å². The van der Waals surface area contributed by atoms with Crippen LogP contribution in [0.3, 0.4) is 0 Å². The van der Waals surface area contributed by atoms with E-state index in [4.69, 9.17) is 11.6 Å². The van der Waals surface area contributed by atoms with Crippen LogP contribution >= 0.6 is 11.6 Å². The molecule has 0 bridgehead atoms. The second-order valence-corrected chi connectivity index (χ2v) is 4.71. The zero-order chi connectivity index (χ0) is 15.4. The Hall–Kier alpha value is -2.41. The normalized spacial score (nSPS) is 10.2. The predicted octanol–water partition coefficient (Wildman–Crippen LogP) is 3.52. The fourth-order valence-corrected chi connectivity index (χ4v) is 1.83. The van der Waals surface area contributed by atoms with Gasteiger partial charge in [0.25, 0.3) is 0 Å². The first-order valence-corrected chi connectivity index (χ1v) is 6.67. The Morgan fingerprint density at radius 2 is 2.19 bits per heavy atom. The number of benzene rings is 1. The monoisotopic (exact) mass is 307 g/mol. The first-order chi connectivity index (χ1) is 10.0. The van der Waals surface area contributed by atoms with E-state index < -0.39 is 4.92 Å². The van der Waals surface area contributed by atoms with Crippen LogP contribution in [-0.4, -0.2) is 21.4 Å². The zero-order valence-corrected chi connectivity index (χ0v) is 12.3. The molecule has 1 aromatic carbocycles. The highest BCUT2D eigenvalue weighted by atomic mass is 35.5. The van der Waals surface area contributed by atoms with Gasteiger partial charge >= 0.3 is 5.69 Å². The highest BCUT2D eigenvalue weighted by molar-refractivity contribution is 6.31. The number of anilines is 3. The molecule has 0 unspecified atom stereocenters. The van der Waals surface area contributed by atoms with Crippen molar-refractivity contribution in [3.8, 4) is 0 Å². The number of aryl methyl sites for hydroxylation is 1. The molecule has 0 amide bonds. The summed E-state index contributed by atoms with van der Waals surface area (Å²) in [5, 5.41) is 17.4. The zero-order valence-electron chi connectivity index (χ0n) is 11.6. The van der Waals surface area contributed by atoms with Gasteiger partial charge in [0.05, 0.1) is 4.92 Å². The van der Waals surface area contributed by atoms with Gasteiger partial charge in [-0.15, -0.1) is 0 Å². The van der Waals surface area contributed by atoms with Crippen molar-refractivity contribution < 1.29 is 4.92 Å². The lowest BCUT2D eigenvalue weighted by Crippen LogP contribution is -2.06. The Kier molecular flexibility index (Phi) is 4.54. The van der Waals surface area contributed by atoms with Crippen LogP contribution in [0.4, 0.5) is 23.1 Å². The summed E-state index contributed by atoms with van der Waals surface area (Å²) in [5.41, 5.74) is 1.34. The average molecular weight is 308 g/mol. The van der Waals surface area contributed by atoms with E-state index in [1.54, 1.807) is 12.1 Å². The van der Waals surface area contributed by atoms with Gasteiger partial charge in [0.15, 0.2) is 0 Å². The third-order valence-electron chi connectivity index (χ3n) is 2.74. The van der Waals surface area contributed by atoms with Crippen LogP contribution in [0.1, 0.15) is 12.5 Å². The summed E-state index contributed by atoms with van der Waals surface area (Å²) in [6.45, 7) is 4.38. The summed E-state index contributed by atoms with van der Waals surface area (Å²) in [6.07, 6.45) is 1.17. The number of aromatic nitrogens is 2. The standard InChI is InChI=1S/C13H14ClN5O2/c1-3-15-13-16-7-11(19(20)21)12(18-13)17-9-5-4-8(2)10(14)6-9/h4-7H,3H2,1-2H3,(H2,15,16,17,18). The summed E-state index contributed by atoms with van der Waals surface area (Å²) in [7, 11) is 0. The summed E-state index contributed by atoms with van der Waals surface area (Å²) in [6, 6.07) is 5.29. The molecule has 0 spiro atoms. The van der Waals surface area contributed by atoms with Crippen molar-refractivity contribution in [3.63, 3.8) is 0 Å². The lowest BCUT2D eigenvalue weighted by Gasteiger charge is -2.09. The summed E-state index contributed by atoms with van der Waals surface area (Å²) in [4.78, 5) is 18.5.